The Balaban J connectivity index is 1.47. The van der Waals surface area contributed by atoms with Crippen LogP contribution >= 0.6 is 11.8 Å². The average molecular weight is 417 g/mol. The van der Waals surface area contributed by atoms with E-state index in [1.54, 1.807) is 12.1 Å². The molecule has 1 fully saturated rings. The SMILES string of the molecule is CC(=O)c1ccc(SCC(=O)NCc2cccc(CN3CCOCC3)c2)c(F)c1. The largest absolute Gasteiger partial charge is 0.379 e. The van der Waals surface area contributed by atoms with Crippen LogP contribution in [0.3, 0.4) is 0 Å². The van der Waals surface area contributed by atoms with E-state index < -0.39 is 5.82 Å². The summed E-state index contributed by atoms with van der Waals surface area (Å²) >= 11 is 1.12. The first-order valence-electron chi connectivity index (χ1n) is 9.59. The van der Waals surface area contributed by atoms with Crippen LogP contribution in [0.25, 0.3) is 0 Å². The first-order chi connectivity index (χ1) is 14.0. The topological polar surface area (TPSA) is 58.6 Å². The lowest BCUT2D eigenvalue weighted by atomic mass is 10.1. The molecule has 1 aliphatic rings. The molecule has 0 spiro atoms. The zero-order valence-electron chi connectivity index (χ0n) is 16.4. The van der Waals surface area contributed by atoms with Gasteiger partial charge in [0.2, 0.25) is 5.91 Å². The van der Waals surface area contributed by atoms with Crippen LogP contribution in [0.2, 0.25) is 0 Å². The van der Waals surface area contributed by atoms with E-state index in [0.717, 1.165) is 50.2 Å². The van der Waals surface area contributed by atoms with Crippen molar-refractivity contribution in [1.29, 1.82) is 0 Å². The molecular weight excluding hydrogens is 391 g/mol. The van der Waals surface area contributed by atoms with Gasteiger partial charge in [-0.05, 0) is 30.2 Å². The van der Waals surface area contributed by atoms with Crippen molar-refractivity contribution >= 4 is 23.5 Å². The van der Waals surface area contributed by atoms with Gasteiger partial charge in [0, 0.05) is 36.6 Å². The Kier molecular flexibility index (Phi) is 7.80. The number of nitrogens with zero attached hydrogens (tertiary/aromatic N) is 1. The van der Waals surface area contributed by atoms with Crippen molar-refractivity contribution < 1.29 is 18.7 Å². The van der Waals surface area contributed by atoms with Crippen molar-refractivity contribution in [3.05, 3.63) is 65.0 Å². The molecule has 2 aromatic carbocycles. The molecule has 1 heterocycles. The smallest absolute Gasteiger partial charge is 0.230 e. The Labute approximate surface area is 174 Å². The molecule has 5 nitrogen and oxygen atoms in total. The Morgan fingerprint density at radius 3 is 2.62 bits per heavy atom. The molecular formula is C22H25FN2O3S. The van der Waals surface area contributed by atoms with Gasteiger partial charge in [-0.3, -0.25) is 14.5 Å². The molecule has 0 aromatic heterocycles. The number of rotatable bonds is 8. The summed E-state index contributed by atoms with van der Waals surface area (Å²) < 4.78 is 19.4. The molecule has 0 saturated carbocycles. The van der Waals surface area contributed by atoms with Crippen LogP contribution in [-0.2, 0) is 22.6 Å². The van der Waals surface area contributed by atoms with Gasteiger partial charge >= 0.3 is 0 Å². The van der Waals surface area contributed by atoms with E-state index in [1.165, 1.54) is 18.6 Å². The number of benzene rings is 2. The van der Waals surface area contributed by atoms with Crippen LogP contribution in [0.4, 0.5) is 4.39 Å². The quantitative estimate of drug-likeness (QED) is 0.529. The van der Waals surface area contributed by atoms with E-state index in [9.17, 15) is 14.0 Å². The standard InChI is InChI=1S/C22H25FN2O3S/c1-16(26)19-5-6-21(20(23)12-19)29-15-22(27)24-13-17-3-2-4-18(11-17)14-25-7-9-28-10-8-25/h2-6,11-12H,7-10,13-15H2,1H3,(H,24,27). The molecule has 1 N–H and O–H groups in total. The Morgan fingerprint density at radius 1 is 1.14 bits per heavy atom. The second kappa shape index (κ2) is 10.5. The number of thioether (sulfide) groups is 1. The number of Topliss-reactive ketones (excluding diaryl/α,β-unsaturated/α-hetero) is 1. The zero-order valence-corrected chi connectivity index (χ0v) is 17.3. The summed E-state index contributed by atoms with van der Waals surface area (Å²) in [5, 5.41) is 2.88. The van der Waals surface area contributed by atoms with E-state index in [4.69, 9.17) is 4.74 Å². The van der Waals surface area contributed by atoms with Gasteiger partial charge in [0.15, 0.2) is 5.78 Å². The van der Waals surface area contributed by atoms with E-state index in [0.29, 0.717) is 17.0 Å². The van der Waals surface area contributed by atoms with Gasteiger partial charge < -0.3 is 10.1 Å². The fraction of sp³-hybridized carbons (Fsp3) is 0.364. The van der Waals surface area contributed by atoms with Crippen molar-refractivity contribution in [2.24, 2.45) is 0 Å². The third-order valence-electron chi connectivity index (χ3n) is 4.69. The third-order valence-corrected chi connectivity index (χ3v) is 5.74. The number of ether oxygens (including phenoxy) is 1. The van der Waals surface area contributed by atoms with Crippen LogP contribution in [0, 0.1) is 5.82 Å². The molecule has 3 rings (SSSR count). The average Bonchev–Trinajstić information content (AvgIpc) is 2.72. The molecule has 0 unspecified atom stereocenters. The van der Waals surface area contributed by atoms with E-state index in [1.807, 2.05) is 12.1 Å². The maximum Gasteiger partial charge on any atom is 0.230 e. The molecule has 2 aromatic rings. The van der Waals surface area contributed by atoms with Crippen molar-refractivity contribution in [2.45, 2.75) is 24.9 Å². The number of morpholine rings is 1. The summed E-state index contributed by atoms with van der Waals surface area (Å²) in [7, 11) is 0. The van der Waals surface area contributed by atoms with Gasteiger partial charge in [-0.25, -0.2) is 4.39 Å². The highest BCUT2D eigenvalue weighted by molar-refractivity contribution is 8.00. The summed E-state index contributed by atoms with van der Waals surface area (Å²) in [5.74, 6) is -0.715. The molecule has 1 saturated heterocycles. The molecule has 0 bridgehead atoms. The van der Waals surface area contributed by atoms with Gasteiger partial charge in [-0.15, -0.1) is 11.8 Å². The molecule has 29 heavy (non-hydrogen) atoms. The minimum Gasteiger partial charge on any atom is -0.379 e. The maximum absolute atomic E-state index is 14.0. The van der Waals surface area contributed by atoms with Crippen molar-refractivity contribution in [2.75, 3.05) is 32.1 Å². The Hall–Kier alpha value is -2.22. The van der Waals surface area contributed by atoms with Crippen LogP contribution in [0.1, 0.15) is 28.4 Å². The number of hydrogen-bond acceptors (Lipinski definition) is 5. The number of hydrogen-bond donors (Lipinski definition) is 1. The molecule has 1 amide bonds. The van der Waals surface area contributed by atoms with Crippen molar-refractivity contribution in [3.8, 4) is 0 Å². The number of carbonyl (C=O) groups excluding carboxylic acids is 2. The minimum absolute atomic E-state index is 0.115. The molecule has 154 valence electrons. The fourth-order valence-electron chi connectivity index (χ4n) is 3.09. The lowest BCUT2D eigenvalue weighted by Crippen LogP contribution is -2.35. The molecule has 0 aliphatic carbocycles. The predicted octanol–water partition coefficient (Wildman–Crippen LogP) is 3.27. The first kappa shape index (κ1) is 21.5. The highest BCUT2D eigenvalue weighted by atomic mass is 32.2. The molecule has 1 aliphatic heterocycles. The number of amides is 1. The van der Waals surface area contributed by atoms with Crippen LogP contribution in [-0.4, -0.2) is 48.6 Å². The summed E-state index contributed by atoms with van der Waals surface area (Å²) in [6.07, 6.45) is 0. The number of carbonyl (C=O) groups is 2. The second-order valence-corrected chi connectivity index (χ2v) is 7.99. The molecule has 0 radical (unpaired) electrons. The van der Waals surface area contributed by atoms with Crippen LogP contribution in [0.5, 0.6) is 0 Å². The highest BCUT2D eigenvalue weighted by Gasteiger charge is 2.12. The van der Waals surface area contributed by atoms with Gasteiger partial charge in [-0.2, -0.15) is 0 Å². The third kappa shape index (κ3) is 6.66. The lowest BCUT2D eigenvalue weighted by molar-refractivity contribution is -0.118. The van der Waals surface area contributed by atoms with Gasteiger partial charge in [0.25, 0.3) is 0 Å². The van der Waals surface area contributed by atoms with E-state index in [-0.39, 0.29) is 17.4 Å². The number of halogens is 1. The summed E-state index contributed by atoms with van der Waals surface area (Å²) in [6, 6.07) is 12.5. The zero-order chi connectivity index (χ0) is 20.6. The van der Waals surface area contributed by atoms with Gasteiger partial charge in [-0.1, -0.05) is 30.3 Å². The normalized spacial score (nSPS) is 14.6. The van der Waals surface area contributed by atoms with E-state index >= 15 is 0 Å². The number of nitrogens with one attached hydrogen (secondary N) is 1. The molecule has 7 heteroatoms. The fourth-order valence-corrected chi connectivity index (χ4v) is 3.84. The van der Waals surface area contributed by atoms with Crippen LogP contribution < -0.4 is 5.32 Å². The number of ketones is 1. The predicted molar refractivity (Wildman–Crippen MR) is 112 cm³/mol. The summed E-state index contributed by atoms with van der Waals surface area (Å²) in [4.78, 5) is 26.1. The Morgan fingerprint density at radius 2 is 1.90 bits per heavy atom. The van der Waals surface area contributed by atoms with Gasteiger partial charge in [0.05, 0.1) is 19.0 Å². The first-order valence-corrected chi connectivity index (χ1v) is 10.6. The summed E-state index contributed by atoms with van der Waals surface area (Å²) in [5.41, 5.74) is 2.57. The minimum atomic E-state index is -0.480. The lowest BCUT2D eigenvalue weighted by Gasteiger charge is -2.26. The highest BCUT2D eigenvalue weighted by Crippen LogP contribution is 2.22. The van der Waals surface area contributed by atoms with Gasteiger partial charge in [0.1, 0.15) is 5.82 Å². The monoisotopic (exact) mass is 416 g/mol. The molecule has 0 atom stereocenters. The van der Waals surface area contributed by atoms with Crippen molar-refractivity contribution in [3.63, 3.8) is 0 Å². The second-order valence-electron chi connectivity index (χ2n) is 6.98. The summed E-state index contributed by atoms with van der Waals surface area (Å²) in [6.45, 7) is 6.10. The maximum atomic E-state index is 14.0. The van der Waals surface area contributed by atoms with Crippen molar-refractivity contribution in [1.82, 2.24) is 10.2 Å². The van der Waals surface area contributed by atoms with E-state index in [2.05, 4.69) is 22.3 Å². The van der Waals surface area contributed by atoms with Crippen LogP contribution in [0.15, 0.2) is 47.4 Å². The Bertz CT molecular complexity index is 869.